The van der Waals surface area contributed by atoms with Gasteiger partial charge >= 0.3 is 0 Å². The van der Waals surface area contributed by atoms with Crippen LogP contribution in [0.4, 0.5) is 0 Å². The predicted molar refractivity (Wildman–Crippen MR) is 64.6 cm³/mol. The SMILES string of the molecule is C=C1C2CCC3C2C(C)(C)CCC[C@@]13C. The van der Waals surface area contributed by atoms with Crippen molar-refractivity contribution in [1.29, 1.82) is 0 Å². The molecule has 0 aromatic rings. The van der Waals surface area contributed by atoms with E-state index in [0.717, 1.165) is 17.8 Å². The summed E-state index contributed by atoms with van der Waals surface area (Å²) >= 11 is 0. The zero-order valence-electron chi connectivity index (χ0n) is 10.5. The van der Waals surface area contributed by atoms with Crippen molar-refractivity contribution < 1.29 is 0 Å². The molecule has 3 unspecified atom stereocenters. The molecule has 4 bridgehead atoms. The summed E-state index contributed by atoms with van der Waals surface area (Å²) in [5.41, 5.74) is 2.71. The van der Waals surface area contributed by atoms with Gasteiger partial charge in [0.15, 0.2) is 0 Å². The first-order valence-corrected chi connectivity index (χ1v) is 6.66. The monoisotopic (exact) mass is 204 g/mol. The smallest absolute Gasteiger partial charge is 0.00849 e. The highest BCUT2D eigenvalue weighted by Crippen LogP contribution is 2.70. The second-order valence-electron chi connectivity index (χ2n) is 7.10. The van der Waals surface area contributed by atoms with Crippen LogP contribution in [-0.2, 0) is 0 Å². The van der Waals surface area contributed by atoms with Crippen molar-refractivity contribution >= 4 is 0 Å². The van der Waals surface area contributed by atoms with E-state index in [1.807, 2.05) is 0 Å². The summed E-state index contributed by atoms with van der Waals surface area (Å²) in [5, 5.41) is 0. The molecule has 4 atom stereocenters. The van der Waals surface area contributed by atoms with E-state index in [-0.39, 0.29) is 0 Å². The summed E-state index contributed by atoms with van der Waals surface area (Å²) in [6.45, 7) is 12.0. The van der Waals surface area contributed by atoms with Gasteiger partial charge in [0.2, 0.25) is 0 Å². The topological polar surface area (TPSA) is 0 Å². The van der Waals surface area contributed by atoms with E-state index in [1.165, 1.54) is 32.1 Å². The van der Waals surface area contributed by atoms with Crippen molar-refractivity contribution in [3.63, 3.8) is 0 Å². The summed E-state index contributed by atoms with van der Waals surface area (Å²) < 4.78 is 0. The van der Waals surface area contributed by atoms with E-state index in [9.17, 15) is 0 Å². The Kier molecular flexibility index (Phi) is 1.79. The highest BCUT2D eigenvalue weighted by molar-refractivity contribution is 5.29. The number of allylic oxidation sites excluding steroid dienone is 1. The molecule has 0 N–H and O–H groups in total. The average molecular weight is 204 g/mol. The first-order valence-electron chi connectivity index (χ1n) is 6.66. The molecule has 0 aliphatic heterocycles. The van der Waals surface area contributed by atoms with Gasteiger partial charge in [-0.05, 0) is 54.3 Å². The molecule has 3 saturated carbocycles. The van der Waals surface area contributed by atoms with Gasteiger partial charge in [0.05, 0.1) is 0 Å². The van der Waals surface area contributed by atoms with Crippen LogP contribution in [0.1, 0.15) is 52.9 Å². The normalized spacial score (nSPS) is 51.9. The van der Waals surface area contributed by atoms with Crippen molar-refractivity contribution in [3.8, 4) is 0 Å². The maximum Gasteiger partial charge on any atom is -0.00849 e. The Labute approximate surface area is 94.1 Å². The summed E-state index contributed by atoms with van der Waals surface area (Å²) in [4.78, 5) is 0. The van der Waals surface area contributed by atoms with Gasteiger partial charge in [-0.1, -0.05) is 39.3 Å². The molecule has 3 aliphatic carbocycles. The van der Waals surface area contributed by atoms with E-state index in [2.05, 4.69) is 27.4 Å². The molecule has 3 rings (SSSR count). The van der Waals surface area contributed by atoms with Crippen LogP contribution in [0.5, 0.6) is 0 Å². The minimum absolute atomic E-state index is 0.515. The van der Waals surface area contributed by atoms with E-state index in [0.29, 0.717) is 10.8 Å². The summed E-state index contributed by atoms with van der Waals surface area (Å²) in [7, 11) is 0. The van der Waals surface area contributed by atoms with Gasteiger partial charge in [0.1, 0.15) is 0 Å². The standard InChI is InChI=1S/C15H24/c1-10-11-6-7-12-13(11)14(2,3)8-5-9-15(10,12)4/h11-13H,1,5-9H2,2-4H3/t11?,12?,13?,15-/m0/s1. The minimum Gasteiger partial charge on any atom is -0.0990 e. The third kappa shape index (κ3) is 1.04. The molecule has 3 aliphatic rings. The lowest BCUT2D eigenvalue weighted by Crippen LogP contribution is -2.28. The van der Waals surface area contributed by atoms with Gasteiger partial charge in [-0.25, -0.2) is 0 Å². The molecule has 0 aromatic heterocycles. The molecule has 84 valence electrons. The molecule has 15 heavy (non-hydrogen) atoms. The van der Waals surface area contributed by atoms with Crippen LogP contribution in [0.3, 0.4) is 0 Å². The summed E-state index contributed by atoms with van der Waals surface area (Å²) in [6, 6.07) is 0. The molecule has 0 nitrogen and oxygen atoms in total. The fourth-order valence-electron chi connectivity index (χ4n) is 5.28. The third-order valence-electron chi connectivity index (χ3n) is 6.07. The fourth-order valence-corrected chi connectivity index (χ4v) is 5.28. The third-order valence-corrected chi connectivity index (χ3v) is 6.07. The molecule has 0 amide bonds. The molecular formula is C15H24. The number of hydrogen-bond donors (Lipinski definition) is 0. The molecule has 3 fully saturated rings. The van der Waals surface area contributed by atoms with E-state index in [4.69, 9.17) is 0 Å². The Balaban J connectivity index is 2.10. The Morgan fingerprint density at radius 2 is 1.87 bits per heavy atom. The molecule has 0 saturated heterocycles. The van der Waals surface area contributed by atoms with Crippen molar-refractivity contribution in [2.75, 3.05) is 0 Å². The van der Waals surface area contributed by atoms with Gasteiger partial charge < -0.3 is 0 Å². The number of hydrogen-bond acceptors (Lipinski definition) is 0. The van der Waals surface area contributed by atoms with Crippen LogP contribution >= 0.6 is 0 Å². The zero-order chi connectivity index (χ0) is 10.8. The summed E-state index contributed by atoms with van der Waals surface area (Å²) in [5.74, 6) is 2.79. The largest absolute Gasteiger partial charge is 0.0990 e. The van der Waals surface area contributed by atoms with Gasteiger partial charge in [-0.2, -0.15) is 0 Å². The fraction of sp³-hybridized carbons (Fsp3) is 0.867. The van der Waals surface area contributed by atoms with E-state index < -0.39 is 0 Å². The second kappa shape index (κ2) is 2.70. The Hall–Kier alpha value is -0.260. The second-order valence-corrected chi connectivity index (χ2v) is 7.10. The molecule has 0 heteroatoms. The van der Waals surface area contributed by atoms with Crippen molar-refractivity contribution in [2.24, 2.45) is 28.6 Å². The number of rotatable bonds is 0. The van der Waals surface area contributed by atoms with Crippen molar-refractivity contribution in [1.82, 2.24) is 0 Å². The van der Waals surface area contributed by atoms with Crippen molar-refractivity contribution in [2.45, 2.75) is 52.9 Å². The molecule has 0 aromatic carbocycles. The van der Waals surface area contributed by atoms with Crippen LogP contribution in [0.2, 0.25) is 0 Å². The highest BCUT2D eigenvalue weighted by Gasteiger charge is 2.61. The first-order chi connectivity index (χ1) is 6.97. The van der Waals surface area contributed by atoms with Crippen LogP contribution in [0.15, 0.2) is 12.2 Å². The first kappa shape index (κ1) is 9.93. The molecule has 0 heterocycles. The van der Waals surface area contributed by atoms with Crippen LogP contribution in [-0.4, -0.2) is 0 Å². The lowest BCUT2D eigenvalue weighted by atomic mass is 9.69. The van der Waals surface area contributed by atoms with Crippen LogP contribution in [0, 0.1) is 28.6 Å². The van der Waals surface area contributed by atoms with E-state index in [1.54, 1.807) is 5.57 Å². The Morgan fingerprint density at radius 1 is 1.13 bits per heavy atom. The predicted octanol–water partition coefficient (Wildman–Crippen LogP) is 4.42. The summed E-state index contributed by atoms with van der Waals surface area (Å²) in [6.07, 6.45) is 7.18. The Morgan fingerprint density at radius 3 is 2.60 bits per heavy atom. The molecule has 0 radical (unpaired) electrons. The maximum atomic E-state index is 4.46. The quantitative estimate of drug-likeness (QED) is 0.513. The minimum atomic E-state index is 0.515. The molecular weight excluding hydrogens is 180 g/mol. The average Bonchev–Trinajstić information content (AvgIpc) is 2.63. The van der Waals surface area contributed by atoms with Gasteiger partial charge in [0, 0.05) is 0 Å². The van der Waals surface area contributed by atoms with Crippen molar-refractivity contribution in [3.05, 3.63) is 12.2 Å². The van der Waals surface area contributed by atoms with Gasteiger partial charge in [0.25, 0.3) is 0 Å². The maximum absolute atomic E-state index is 4.46. The zero-order valence-corrected chi connectivity index (χ0v) is 10.5. The Bertz CT molecular complexity index is 312. The molecule has 0 spiro atoms. The van der Waals surface area contributed by atoms with Gasteiger partial charge in [-0.3, -0.25) is 0 Å². The van der Waals surface area contributed by atoms with Crippen LogP contribution in [0.25, 0.3) is 0 Å². The lowest BCUT2D eigenvalue weighted by Gasteiger charge is -2.35. The lowest BCUT2D eigenvalue weighted by molar-refractivity contribution is 0.141. The highest BCUT2D eigenvalue weighted by atomic mass is 14.7. The van der Waals surface area contributed by atoms with Gasteiger partial charge in [-0.15, -0.1) is 0 Å². The van der Waals surface area contributed by atoms with E-state index >= 15 is 0 Å². The van der Waals surface area contributed by atoms with Crippen LogP contribution < -0.4 is 0 Å².